The lowest BCUT2D eigenvalue weighted by atomic mass is 9.78. The Morgan fingerprint density at radius 3 is 2.48 bits per heavy atom. The van der Waals surface area contributed by atoms with Gasteiger partial charge in [-0.15, -0.1) is 0 Å². The summed E-state index contributed by atoms with van der Waals surface area (Å²) in [6, 6.07) is 5.54. The SMILES string of the molecule is CC(C)=C1[C@@H]2CC[C@@H]1[C@@H](C(=O)NCc1ccccn1)[C@@H]2C(=O)O. The zero-order valence-corrected chi connectivity index (χ0v) is 13.5. The van der Waals surface area contributed by atoms with Crippen molar-refractivity contribution in [2.24, 2.45) is 23.7 Å². The van der Waals surface area contributed by atoms with Gasteiger partial charge in [0.2, 0.25) is 5.91 Å². The van der Waals surface area contributed by atoms with E-state index in [1.807, 2.05) is 32.0 Å². The van der Waals surface area contributed by atoms with Gasteiger partial charge in [0.15, 0.2) is 0 Å². The van der Waals surface area contributed by atoms with Crippen LogP contribution < -0.4 is 5.32 Å². The summed E-state index contributed by atoms with van der Waals surface area (Å²) >= 11 is 0. The Balaban J connectivity index is 1.79. The number of carbonyl (C=O) groups excluding carboxylic acids is 1. The van der Waals surface area contributed by atoms with Crippen molar-refractivity contribution in [3.63, 3.8) is 0 Å². The molecule has 2 aliphatic carbocycles. The molecule has 0 aromatic carbocycles. The average Bonchev–Trinajstić information content (AvgIpc) is 3.09. The average molecular weight is 314 g/mol. The van der Waals surface area contributed by atoms with E-state index in [2.05, 4.69) is 10.3 Å². The summed E-state index contributed by atoms with van der Waals surface area (Å²) in [5.74, 6) is -1.96. The summed E-state index contributed by atoms with van der Waals surface area (Å²) < 4.78 is 0. The van der Waals surface area contributed by atoms with Crippen molar-refractivity contribution < 1.29 is 14.7 Å². The lowest BCUT2D eigenvalue weighted by molar-refractivity contribution is -0.149. The fraction of sp³-hybridized carbons (Fsp3) is 0.500. The minimum absolute atomic E-state index is 0.0214. The van der Waals surface area contributed by atoms with Crippen LogP contribution in [0.2, 0.25) is 0 Å². The topological polar surface area (TPSA) is 79.3 Å². The first-order valence-corrected chi connectivity index (χ1v) is 8.08. The second-order valence-electron chi connectivity index (χ2n) is 6.67. The molecule has 1 aromatic rings. The summed E-state index contributed by atoms with van der Waals surface area (Å²) in [5.41, 5.74) is 3.15. The second-order valence-corrected chi connectivity index (χ2v) is 6.67. The fourth-order valence-corrected chi connectivity index (χ4v) is 4.40. The van der Waals surface area contributed by atoms with E-state index in [-0.39, 0.29) is 17.7 Å². The van der Waals surface area contributed by atoms with E-state index in [4.69, 9.17) is 0 Å². The summed E-state index contributed by atoms with van der Waals surface area (Å²) in [4.78, 5) is 28.6. The molecule has 1 heterocycles. The molecule has 2 N–H and O–H groups in total. The van der Waals surface area contributed by atoms with Crippen molar-refractivity contribution in [3.8, 4) is 0 Å². The highest BCUT2D eigenvalue weighted by Gasteiger charge is 2.57. The zero-order valence-electron chi connectivity index (χ0n) is 13.5. The number of carboxylic acid groups (broad SMARTS) is 1. The van der Waals surface area contributed by atoms with E-state index < -0.39 is 17.8 Å². The van der Waals surface area contributed by atoms with Gasteiger partial charge in [-0.05, 0) is 50.7 Å². The maximum atomic E-state index is 12.7. The molecule has 2 bridgehead atoms. The summed E-state index contributed by atoms with van der Waals surface area (Å²) in [6.07, 6.45) is 3.48. The Bertz CT molecular complexity index is 649. The van der Waals surface area contributed by atoms with Crippen molar-refractivity contribution >= 4 is 11.9 Å². The summed E-state index contributed by atoms with van der Waals surface area (Å²) in [7, 11) is 0. The predicted molar refractivity (Wildman–Crippen MR) is 85.3 cm³/mol. The molecule has 122 valence electrons. The van der Waals surface area contributed by atoms with Crippen LogP contribution in [0.15, 0.2) is 35.5 Å². The van der Waals surface area contributed by atoms with Crippen LogP contribution in [-0.4, -0.2) is 22.0 Å². The van der Waals surface area contributed by atoms with Gasteiger partial charge in [0, 0.05) is 6.20 Å². The van der Waals surface area contributed by atoms with Crippen LogP contribution in [-0.2, 0) is 16.1 Å². The van der Waals surface area contributed by atoms with Crippen LogP contribution in [0.5, 0.6) is 0 Å². The smallest absolute Gasteiger partial charge is 0.307 e. The van der Waals surface area contributed by atoms with E-state index in [0.717, 1.165) is 18.5 Å². The fourth-order valence-electron chi connectivity index (χ4n) is 4.40. The highest BCUT2D eigenvalue weighted by atomic mass is 16.4. The van der Waals surface area contributed by atoms with Crippen molar-refractivity contribution in [2.75, 3.05) is 0 Å². The number of hydrogen-bond donors (Lipinski definition) is 2. The van der Waals surface area contributed by atoms with Crippen molar-refractivity contribution in [1.29, 1.82) is 0 Å². The third-order valence-electron chi connectivity index (χ3n) is 5.18. The molecule has 0 aliphatic heterocycles. The van der Waals surface area contributed by atoms with Gasteiger partial charge in [0.05, 0.1) is 24.1 Å². The molecule has 1 aromatic heterocycles. The van der Waals surface area contributed by atoms with Gasteiger partial charge < -0.3 is 10.4 Å². The number of aromatic nitrogens is 1. The highest BCUT2D eigenvalue weighted by molar-refractivity contribution is 5.87. The molecule has 23 heavy (non-hydrogen) atoms. The van der Waals surface area contributed by atoms with E-state index in [0.29, 0.717) is 6.54 Å². The maximum Gasteiger partial charge on any atom is 0.307 e. The number of fused-ring (bicyclic) bond motifs is 2. The van der Waals surface area contributed by atoms with Crippen LogP contribution in [0.4, 0.5) is 0 Å². The second kappa shape index (κ2) is 6.14. The molecule has 3 rings (SSSR count). The molecular formula is C18H22N2O3. The first-order valence-electron chi connectivity index (χ1n) is 8.08. The molecule has 5 nitrogen and oxygen atoms in total. The van der Waals surface area contributed by atoms with E-state index in [1.165, 1.54) is 11.1 Å². The standard InChI is InChI=1S/C18H22N2O3/c1-10(2)14-12-6-7-13(14)16(18(22)23)15(12)17(21)20-9-11-5-3-4-8-19-11/h3-5,8,12-13,15-16H,6-7,9H2,1-2H3,(H,20,21)(H,22,23)/t12-,13-,15+,16+/m0/s1. The van der Waals surface area contributed by atoms with Crippen LogP contribution in [0.25, 0.3) is 0 Å². The monoisotopic (exact) mass is 314 g/mol. The Hall–Kier alpha value is -2.17. The quantitative estimate of drug-likeness (QED) is 0.836. The Kier molecular flexibility index (Phi) is 4.20. The van der Waals surface area contributed by atoms with Crippen molar-refractivity contribution in [3.05, 3.63) is 41.2 Å². The number of aliphatic carboxylic acids is 1. The van der Waals surface area contributed by atoms with Gasteiger partial charge in [0.1, 0.15) is 0 Å². The number of carboxylic acids is 1. The Labute approximate surface area is 135 Å². The van der Waals surface area contributed by atoms with Crippen LogP contribution >= 0.6 is 0 Å². The molecule has 2 aliphatic rings. The Morgan fingerprint density at radius 1 is 1.22 bits per heavy atom. The minimum Gasteiger partial charge on any atom is -0.481 e. The van der Waals surface area contributed by atoms with Gasteiger partial charge in [0.25, 0.3) is 0 Å². The highest BCUT2D eigenvalue weighted by Crippen LogP contribution is 2.57. The van der Waals surface area contributed by atoms with Gasteiger partial charge in [-0.1, -0.05) is 17.2 Å². The van der Waals surface area contributed by atoms with Crippen LogP contribution in [0.3, 0.4) is 0 Å². The van der Waals surface area contributed by atoms with Crippen LogP contribution in [0.1, 0.15) is 32.4 Å². The van der Waals surface area contributed by atoms with Crippen LogP contribution in [0, 0.1) is 23.7 Å². The van der Waals surface area contributed by atoms with Gasteiger partial charge in [-0.2, -0.15) is 0 Å². The molecule has 1 amide bonds. The number of pyridine rings is 1. The molecule has 5 heteroatoms. The number of nitrogens with one attached hydrogen (secondary N) is 1. The zero-order chi connectivity index (χ0) is 16.6. The largest absolute Gasteiger partial charge is 0.481 e. The molecule has 0 unspecified atom stereocenters. The third kappa shape index (κ3) is 2.76. The van der Waals surface area contributed by atoms with Gasteiger partial charge in [-0.3, -0.25) is 14.6 Å². The number of rotatable bonds is 4. The first kappa shape index (κ1) is 15.7. The number of carbonyl (C=O) groups is 2. The molecule has 0 spiro atoms. The molecule has 0 radical (unpaired) electrons. The predicted octanol–water partition coefficient (Wildman–Crippen LogP) is 2.39. The van der Waals surface area contributed by atoms with E-state index in [1.54, 1.807) is 6.20 Å². The molecule has 2 fully saturated rings. The number of nitrogens with zero attached hydrogens (tertiary/aromatic N) is 1. The maximum absolute atomic E-state index is 12.7. The molecule has 4 atom stereocenters. The van der Waals surface area contributed by atoms with Crippen molar-refractivity contribution in [2.45, 2.75) is 33.2 Å². The third-order valence-corrected chi connectivity index (χ3v) is 5.18. The number of allylic oxidation sites excluding steroid dienone is 2. The van der Waals surface area contributed by atoms with E-state index in [9.17, 15) is 14.7 Å². The van der Waals surface area contributed by atoms with Gasteiger partial charge >= 0.3 is 5.97 Å². The van der Waals surface area contributed by atoms with Gasteiger partial charge in [-0.25, -0.2) is 0 Å². The van der Waals surface area contributed by atoms with E-state index >= 15 is 0 Å². The summed E-state index contributed by atoms with van der Waals surface area (Å²) in [6.45, 7) is 4.38. The lowest BCUT2D eigenvalue weighted by Gasteiger charge is -2.26. The number of amides is 1. The number of hydrogen-bond acceptors (Lipinski definition) is 3. The molecule has 2 saturated carbocycles. The normalized spacial score (nSPS) is 28.7. The lowest BCUT2D eigenvalue weighted by Crippen LogP contribution is -2.41. The molecule has 0 saturated heterocycles. The molecular weight excluding hydrogens is 292 g/mol. The summed E-state index contributed by atoms with van der Waals surface area (Å²) in [5, 5.41) is 12.5. The first-order chi connectivity index (χ1) is 11.0. The Morgan fingerprint density at radius 2 is 1.91 bits per heavy atom. The minimum atomic E-state index is -0.853. The van der Waals surface area contributed by atoms with Crippen molar-refractivity contribution in [1.82, 2.24) is 10.3 Å².